The van der Waals surface area contributed by atoms with Crippen LogP contribution in [0, 0.1) is 5.82 Å². The van der Waals surface area contributed by atoms with Crippen LogP contribution in [0.15, 0.2) is 12.1 Å². The minimum atomic E-state index is -0.505. The zero-order valence-electron chi connectivity index (χ0n) is 6.64. The summed E-state index contributed by atoms with van der Waals surface area (Å²) in [5.74, 6) is -0.409. The Hall–Kier alpha value is -1.09. The van der Waals surface area contributed by atoms with Crippen molar-refractivity contribution in [3.05, 3.63) is 28.5 Å². The van der Waals surface area contributed by atoms with Gasteiger partial charge in [0, 0.05) is 17.0 Å². The van der Waals surface area contributed by atoms with Gasteiger partial charge in [0.25, 0.3) is 0 Å². The number of hydrogen-bond acceptors (Lipinski definition) is 2. The molecular weight excluding hydrogens is 195 g/mol. The number of Topliss-reactive ketones (excluding diaryl/α,β-unsaturated/α-hetero) is 1. The number of carbonyl (C=O) groups excluding carboxylic acids is 1. The highest BCUT2D eigenvalue weighted by molar-refractivity contribution is 6.30. The molecule has 1 heterocycles. The van der Waals surface area contributed by atoms with Crippen LogP contribution in [-0.4, -0.2) is 12.4 Å². The molecule has 0 unspecified atom stereocenters. The number of fused-ring (bicyclic) bond motifs is 1. The van der Waals surface area contributed by atoms with Crippen molar-refractivity contribution in [3.8, 4) is 5.75 Å². The van der Waals surface area contributed by atoms with E-state index in [1.54, 1.807) is 6.07 Å². The topological polar surface area (TPSA) is 26.3 Å². The first kappa shape index (κ1) is 8.51. The maximum absolute atomic E-state index is 13.1. The lowest BCUT2D eigenvalue weighted by Gasteiger charge is -2.16. The van der Waals surface area contributed by atoms with Crippen molar-refractivity contribution in [3.63, 3.8) is 0 Å². The molecule has 0 spiro atoms. The molecular formula is C9H6ClFO2. The van der Waals surface area contributed by atoms with Crippen LogP contribution in [0.3, 0.4) is 0 Å². The smallest absolute Gasteiger partial charge is 0.174 e. The maximum atomic E-state index is 13.1. The van der Waals surface area contributed by atoms with Crippen LogP contribution in [0.5, 0.6) is 5.75 Å². The van der Waals surface area contributed by atoms with Crippen molar-refractivity contribution in [2.75, 3.05) is 6.61 Å². The second-order valence-corrected chi connectivity index (χ2v) is 3.32. The van der Waals surface area contributed by atoms with Crippen molar-refractivity contribution in [2.45, 2.75) is 6.42 Å². The van der Waals surface area contributed by atoms with Crippen LogP contribution in [0.1, 0.15) is 5.56 Å². The Bertz CT molecular complexity index is 376. The number of carbonyl (C=O) groups is 1. The maximum Gasteiger partial charge on any atom is 0.174 e. The average Bonchev–Trinajstić information content (AvgIpc) is 2.02. The van der Waals surface area contributed by atoms with E-state index in [-0.39, 0.29) is 29.6 Å². The van der Waals surface area contributed by atoms with E-state index in [1.807, 2.05) is 0 Å². The Morgan fingerprint density at radius 3 is 3.00 bits per heavy atom. The molecule has 0 N–H and O–H groups in total. The van der Waals surface area contributed by atoms with Gasteiger partial charge in [-0.05, 0) is 12.1 Å². The Kier molecular flexibility index (Phi) is 1.96. The number of benzene rings is 1. The van der Waals surface area contributed by atoms with Crippen LogP contribution in [0.25, 0.3) is 0 Å². The monoisotopic (exact) mass is 200 g/mol. The number of halogens is 2. The lowest BCUT2D eigenvalue weighted by molar-refractivity contribution is -0.121. The highest BCUT2D eigenvalue weighted by atomic mass is 35.5. The number of ketones is 1. The first-order chi connectivity index (χ1) is 6.16. The van der Waals surface area contributed by atoms with Gasteiger partial charge in [-0.15, -0.1) is 0 Å². The molecule has 13 heavy (non-hydrogen) atoms. The lowest BCUT2D eigenvalue weighted by atomic mass is 10.1. The minimum absolute atomic E-state index is 0.0500. The molecule has 1 aliphatic heterocycles. The van der Waals surface area contributed by atoms with Gasteiger partial charge < -0.3 is 4.74 Å². The van der Waals surface area contributed by atoms with Crippen molar-refractivity contribution >= 4 is 17.4 Å². The molecule has 1 aromatic rings. The van der Waals surface area contributed by atoms with Crippen molar-refractivity contribution < 1.29 is 13.9 Å². The summed E-state index contributed by atoms with van der Waals surface area (Å²) >= 11 is 5.62. The van der Waals surface area contributed by atoms with E-state index in [1.165, 1.54) is 6.07 Å². The molecule has 0 aromatic heterocycles. The summed E-state index contributed by atoms with van der Waals surface area (Å²) in [5, 5.41) is 0.287. The molecule has 0 saturated heterocycles. The summed E-state index contributed by atoms with van der Waals surface area (Å²) in [5.41, 5.74) is 0.529. The first-order valence-electron chi connectivity index (χ1n) is 3.79. The molecule has 1 aromatic carbocycles. The summed E-state index contributed by atoms with van der Waals surface area (Å²) in [6.45, 7) is -0.0500. The predicted octanol–water partition coefficient (Wildman–Crippen LogP) is 1.98. The van der Waals surface area contributed by atoms with Gasteiger partial charge in [0.1, 0.15) is 6.61 Å². The van der Waals surface area contributed by atoms with E-state index in [9.17, 15) is 9.18 Å². The number of ether oxygens (including phenoxy) is 1. The van der Waals surface area contributed by atoms with Crippen LogP contribution < -0.4 is 4.74 Å². The molecule has 0 radical (unpaired) electrons. The fourth-order valence-corrected chi connectivity index (χ4v) is 1.55. The van der Waals surface area contributed by atoms with Gasteiger partial charge in [-0.1, -0.05) is 11.6 Å². The normalized spacial score (nSPS) is 15.1. The number of hydrogen-bond donors (Lipinski definition) is 0. The Labute approximate surface area is 79.3 Å². The van der Waals surface area contributed by atoms with E-state index in [0.29, 0.717) is 5.56 Å². The van der Waals surface area contributed by atoms with Crippen LogP contribution in [0.2, 0.25) is 5.02 Å². The van der Waals surface area contributed by atoms with Gasteiger partial charge in [-0.25, -0.2) is 4.39 Å². The summed E-state index contributed by atoms with van der Waals surface area (Å²) in [6.07, 6.45) is 0.201. The lowest BCUT2D eigenvalue weighted by Crippen LogP contribution is -2.20. The van der Waals surface area contributed by atoms with Crippen LogP contribution >= 0.6 is 11.6 Å². The molecule has 4 heteroatoms. The first-order valence-corrected chi connectivity index (χ1v) is 4.17. The summed E-state index contributed by atoms with van der Waals surface area (Å²) in [7, 11) is 0. The van der Waals surface area contributed by atoms with Gasteiger partial charge in [0.2, 0.25) is 0 Å². The molecule has 68 valence electrons. The summed E-state index contributed by atoms with van der Waals surface area (Å²) in [4.78, 5) is 11.0. The highest BCUT2D eigenvalue weighted by Crippen LogP contribution is 2.29. The van der Waals surface area contributed by atoms with E-state index in [2.05, 4.69) is 0 Å². The zero-order valence-corrected chi connectivity index (χ0v) is 7.40. The van der Waals surface area contributed by atoms with E-state index < -0.39 is 5.82 Å². The molecule has 0 bridgehead atoms. The van der Waals surface area contributed by atoms with E-state index in [0.717, 1.165) is 0 Å². The SMILES string of the molecule is O=C1COc2c(F)cc(Cl)cc2C1. The standard InChI is InChI=1S/C9H6ClFO2/c10-6-1-5-2-7(12)4-13-9(5)8(11)3-6/h1,3H,2,4H2. The van der Waals surface area contributed by atoms with Gasteiger partial charge in [0.15, 0.2) is 17.3 Å². The predicted molar refractivity (Wildman–Crippen MR) is 45.6 cm³/mol. The fourth-order valence-electron chi connectivity index (χ4n) is 1.32. The third kappa shape index (κ3) is 1.52. The van der Waals surface area contributed by atoms with Crippen LogP contribution in [0.4, 0.5) is 4.39 Å². The largest absolute Gasteiger partial charge is 0.482 e. The molecule has 0 aliphatic carbocycles. The molecule has 2 rings (SSSR count). The quantitative estimate of drug-likeness (QED) is 0.640. The molecule has 0 fully saturated rings. The second kappa shape index (κ2) is 3.00. The molecule has 2 nitrogen and oxygen atoms in total. The van der Waals surface area contributed by atoms with Crippen molar-refractivity contribution in [1.82, 2.24) is 0 Å². The average molecular weight is 201 g/mol. The minimum Gasteiger partial charge on any atom is -0.482 e. The summed E-state index contributed by atoms with van der Waals surface area (Å²) in [6, 6.07) is 2.73. The third-order valence-corrected chi connectivity index (χ3v) is 2.07. The van der Waals surface area contributed by atoms with E-state index in [4.69, 9.17) is 16.3 Å². The molecule has 0 atom stereocenters. The fraction of sp³-hybridized carbons (Fsp3) is 0.222. The zero-order chi connectivity index (χ0) is 9.42. The van der Waals surface area contributed by atoms with Gasteiger partial charge in [-0.3, -0.25) is 4.79 Å². The van der Waals surface area contributed by atoms with Gasteiger partial charge in [-0.2, -0.15) is 0 Å². The molecule has 0 amide bonds. The second-order valence-electron chi connectivity index (χ2n) is 2.88. The Morgan fingerprint density at radius 2 is 2.23 bits per heavy atom. The third-order valence-electron chi connectivity index (χ3n) is 1.85. The van der Waals surface area contributed by atoms with Crippen molar-refractivity contribution in [1.29, 1.82) is 0 Å². The van der Waals surface area contributed by atoms with Crippen molar-refractivity contribution in [2.24, 2.45) is 0 Å². The Balaban J connectivity index is 2.53. The Morgan fingerprint density at radius 1 is 1.46 bits per heavy atom. The summed E-state index contributed by atoms with van der Waals surface area (Å²) < 4.78 is 18.1. The molecule has 1 aliphatic rings. The molecule has 0 saturated carbocycles. The van der Waals surface area contributed by atoms with Gasteiger partial charge >= 0.3 is 0 Å². The number of rotatable bonds is 0. The highest BCUT2D eigenvalue weighted by Gasteiger charge is 2.20. The van der Waals surface area contributed by atoms with Gasteiger partial charge in [0.05, 0.1) is 0 Å². The van der Waals surface area contributed by atoms with E-state index >= 15 is 0 Å². The van der Waals surface area contributed by atoms with Crippen LogP contribution in [-0.2, 0) is 11.2 Å².